The van der Waals surface area contributed by atoms with E-state index in [-0.39, 0.29) is 6.04 Å². The monoisotopic (exact) mass is 245 g/mol. The molecule has 0 spiro atoms. The van der Waals surface area contributed by atoms with Crippen LogP contribution in [0.15, 0.2) is 12.3 Å². The second-order valence-corrected chi connectivity index (χ2v) is 4.68. The number of nitrogens with zero attached hydrogens (tertiary/aromatic N) is 4. The van der Waals surface area contributed by atoms with E-state index in [4.69, 9.17) is 0 Å². The summed E-state index contributed by atoms with van der Waals surface area (Å²) >= 11 is 0. The maximum atomic E-state index is 4.39. The van der Waals surface area contributed by atoms with E-state index in [2.05, 4.69) is 27.3 Å². The van der Waals surface area contributed by atoms with Crippen molar-refractivity contribution in [3.05, 3.63) is 34.9 Å². The minimum atomic E-state index is 0.139. The highest BCUT2D eigenvalue weighted by Gasteiger charge is 2.12. The SMILES string of the molecule is Cc1cc(C)nc(N[C@H](C)c2cn(C)nc2C)n1. The molecule has 0 saturated carbocycles. The zero-order chi connectivity index (χ0) is 13.3. The van der Waals surface area contributed by atoms with Gasteiger partial charge in [0, 0.05) is 30.2 Å². The van der Waals surface area contributed by atoms with Crippen molar-refractivity contribution in [2.45, 2.75) is 33.7 Å². The highest BCUT2D eigenvalue weighted by molar-refractivity contribution is 5.33. The molecule has 2 aromatic heterocycles. The van der Waals surface area contributed by atoms with Gasteiger partial charge in [-0.05, 0) is 33.8 Å². The third kappa shape index (κ3) is 2.67. The molecule has 96 valence electrons. The van der Waals surface area contributed by atoms with Gasteiger partial charge in [0.15, 0.2) is 0 Å². The first kappa shape index (κ1) is 12.5. The lowest BCUT2D eigenvalue weighted by Crippen LogP contribution is -2.10. The van der Waals surface area contributed by atoms with Crippen LogP contribution in [-0.4, -0.2) is 19.7 Å². The highest BCUT2D eigenvalue weighted by atomic mass is 15.3. The second-order valence-electron chi connectivity index (χ2n) is 4.68. The van der Waals surface area contributed by atoms with Crippen LogP contribution in [0.3, 0.4) is 0 Å². The zero-order valence-corrected chi connectivity index (χ0v) is 11.5. The molecule has 0 fully saturated rings. The number of hydrogen-bond acceptors (Lipinski definition) is 4. The van der Waals surface area contributed by atoms with Gasteiger partial charge in [0.25, 0.3) is 0 Å². The van der Waals surface area contributed by atoms with E-state index in [1.807, 2.05) is 44.8 Å². The molecule has 0 unspecified atom stereocenters. The van der Waals surface area contributed by atoms with Gasteiger partial charge in [-0.25, -0.2) is 9.97 Å². The van der Waals surface area contributed by atoms with Crippen molar-refractivity contribution in [1.82, 2.24) is 19.7 Å². The largest absolute Gasteiger partial charge is 0.348 e. The van der Waals surface area contributed by atoms with E-state index in [1.165, 1.54) is 5.56 Å². The summed E-state index contributed by atoms with van der Waals surface area (Å²) in [6.45, 7) is 8.04. The molecule has 2 heterocycles. The van der Waals surface area contributed by atoms with Gasteiger partial charge in [-0.1, -0.05) is 0 Å². The van der Waals surface area contributed by atoms with Crippen molar-refractivity contribution < 1.29 is 0 Å². The van der Waals surface area contributed by atoms with Crippen LogP contribution in [0.2, 0.25) is 0 Å². The molecular weight excluding hydrogens is 226 g/mol. The Kier molecular flexibility index (Phi) is 3.32. The molecule has 2 rings (SSSR count). The molecule has 0 aliphatic carbocycles. The van der Waals surface area contributed by atoms with Crippen molar-refractivity contribution in [2.75, 3.05) is 5.32 Å². The summed E-state index contributed by atoms with van der Waals surface area (Å²) in [5, 5.41) is 7.66. The number of aryl methyl sites for hydroxylation is 4. The van der Waals surface area contributed by atoms with Crippen LogP contribution in [0, 0.1) is 20.8 Å². The Hall–Kier alpha value is -1.91. The molecule has 0 amide bonds. The average Bonchev–Trinajstić information content (AvgIpc) is 2.56. The molecule has 0 aliphatic heterocycles. The van der Waals surface area contributed by atoms with Gasteiger partial charge in [0.05, 0.1) is 11.7 Å². The molecule has 0 aliphatic rings. The van der Waals surface area contributed by atoms with E-state index in [9.17, 15) is 0 Å². The maximum Gasteiger partial charge on any atom is 0.223 e. The Balaban J connectivity index is 2.20. The van der Waals surface area contributed by atoms with Crippen molar-refractivity contribution in [1.29, 1.82) is 0 Å². The Morgan fingerprint density at radius 1 is 1.17 bits per heavy atom. The lowest BCUT2D eigenvalue weighted by Gasteiger charge is -2.13. The molecule has 18 heavy (non-hydrogen) atoms. The quantitative estimate of drug-likeness (QED) is 0.901. The predicted molar refractivity (Wildman–Crippen MR) is 71.5 cm³/mol. The Morgan fingerprint density at radius 3 is 2.28 bits per heavy atom. The van der Waals surface area contributed by atoms with Crippen LogP contribution in [0.4, 0.5) is 5.95 Å². The van der Waals surface area contributed by atoms with Crippen molar-refractivity contribution >= 4 is 5.95 Å². The molecule has 5 heteroatoms. The summed E-state index contributed by atoms with van der Waals surface area (Å²) in [6, 6.07) is 2.10. The molecule has 2 aromatic rings. The molecule has 0 aromatic carbocycles. The van der Waals surface area contributed by atoms with Gasteiger partial charge in [-0.15, -0.1) is 0 Å². The molecule has 0 radical (unpaired) electrons. The van der Waals surface area contributed by atoms with Gasteiger partial charge < -0.3 is 5.32 Å². The smallest absolute Gasteiger partial charge is 0.223 e. The van der Waals surface area contributed by atoms with Crippen molar-refractivity contribution in [2.24, 2.45) is 7.05 Å². The summed E-state index contributed by atoms with van der Waals surface area (Å²) < 4.78 is 1.82. The predicted octanol–water partition coefficient (Wildman–Crippen LogP) is 2.31. The summed E-state index contributed by atoms with van der Waals surface area (Å²) in [5.41, 5.74) is 4.14. The average molecular weight is 245 g/mol. The zero-order valence-electron chi connectivity index (χ0n) is 11.5. The fourth-order valence-electron chi connectivity index (χ4n) is 2.10. The molecule has 1 N–H and O–H groups in total. The maximum absolute atomic E-state index is 4.39. The van der Waals surface area contributed by atoms with E-state index < -0.39 is 0 Å². The van der Waals surface area contributed by atoms with E-state index in [0.29, 0.717) is 5.95 Å². The van der Waals surface area contributed by atoms with E-state index in [0.717, 1.165) is 17.1 Å². The third-order valence-electron chi connectivity index (χ3n) is 2.85. The molecule has 1 atom stereocenters. The van der Waals surface area contributed by atoms with Gasteiger partial charge >= 0.3 is 0 Å². The first-order chi connectivity index (χ1) is 8.45. The van der Waals surface area contributed by atoms with Crippen LogP contribution in [0.1, 0.15) is 35.6 Å². The Labute approximate surface area is 107 Å². The number of nitrogens with one attached hydrogen (secondary N) is 1. The number of anilines is 1. The summed E-state index contributed by atoms with van der Waals surface area (Å²) in [7, 11) is 1.93. The summed E-state index contributed by atoms with van der Waals surface area (Å²) in [6.07, 6.45) is 2.02. The van der Waals surface area contributed by atoms with Crippen LogP contribution in [0.5, 0.6) is 0 Å². The minimum absolute atomic E-state index is 0.139. The lowest BCUT2D eigenvalue weighted by atomic mass is 10.1. The fraction of sp³-hybridized carbons (Fsp3) is 0.462. The lowest BCUT2D eigenvalue weighted by molar-refractivity contribution is 0.756. The van der Waals surface area contributed by atoms with E-state index in [1.54, 1.807) is 0 Å². The normalized spacial score (nSPS) is 12.5. The summed E-state index contributed by atoms with van der Waals surface area (Å²) in [4.78, 5) is 8.77. The first-order valence-corrected chi connectivity index (χ1v) is 6.04. The second kappa shape index (κ2) is 4.76. The number of rotatable bonds is 3. The molecule has 0 bridgehead atoms. The van der Waals surface area contributed by atoms with Crippen molar-refractivity contribution in [3.63, 3.8) is 0 Å². The van der Waals surface area contributed by atoms with Crippen LogP contribution in [0.25, 0.3) is 0 Å². The Morgan fingerprint density at radius 2 is 1.78 bits per heavy atom. The fourth-order valence-corrected chi connectivity index (χ4v) is 2.10. The van der Waals surface area contributed by atoms with Crippen LogP contribution in [-0.2, 0) is 7.05 Å². The van der Waals surface area contributed by atoms with Crippen molar-refractivity contribution in [3.8, 4) is 0 Å². The Bertz CT molecular complexity index is 538. The highest BCUT2D eigenvalue weighted by Crippen LogP contribution is 2.19. The molecule has 5 nitrogen and oxygen atoms in total. The molecule has 0 saturated heterocycles. The first-order valence-electron chi connectivity index (χ1n) is 6.04. The number of aromatic nitrogens is 4. The molecular formula is C13H19N5. The van der Waals surface area contributed by atoms with Crippen LogP contribution < -0.4 is 5.32 Å². The van der Waals surface area contributed by atoms with Gasteiger partial charge in [-0.2, -0.15) is 5.10 Å². The number of hydrogen-bond donors (Lipinski definition) is 1. The third-order valence-corrected chi connectivity index (χ3v) is 2.85. The van der Waals surface area contributed by atoms with Gasteiger partial charge in [-0.3, -0.25) is 4.68 Å². The van der Waals surface area contributed by atoms with E-state index >= 15 is 0 Å². The van der Waals surface area contributed by atoms with Gasteiger partial charge in [0.2, 0.25) is 5.95 Å². The topological polar surface area (TPSA) is 55.6 Å². The summed E-state index contributed by atoms with van der Waals surface area (Å²) in [5.74, 6) is 0.670. The standard InChI is InChI=1S/C13H19N5/c1-8-6-9(2)15-13(14-8)16-10(3)12-7-18(5)17-11(12)4/h6-7,10H,1-5H3,(H,14,15,16)/t10-/m1/s1. The van der Waals surface area contributed by atoms with Crippen LogP contribution >= 0.6 is 0 Å². The minimum Gasteiger partial charge on any atom is -0.348 e. The van der Waals surface area contributed by atoms with Gasteiger partial charge in [0.1, 0.15) is 0 Å².